The van der Waals surface area contributed by atoms with Crippen molar-refractivity contribution in [1.82, 2.24) is 4.90 Å². The lowest BCUT2D eigenvalue weighted by molar-refractivity contribution is -0.387. The number of likely N-dealkylation sites (N-methyl/N-ethyl adjacent to an activating group) is 1. The van der Waals surface area contributed by atoms with Crippen LogP contribution < -0.4 is 15.4 Å². The van der Waals surface area contributed by atoms with Crippen molar-refractivity contribution in [3.8, 4) is 5.75 Å². The van der Waals surface area contributed by atoms with E-state index in [1.54, 1.807) is 18.2 Å². The molecule has 0 spiro atoms. The van der Waals surface area contributed by atoms with Crippen molar-refractivity contribution in [2.24, 2.45) is 0 Å². The molecule has 0 saturated heterocycles. The Morgan fingerprint density at radius 1 is 1.22 bits per heavy atom. The summed E-state index contributed by atoms with van der Waals surface area (Å²) in [5.74, 6) is -0.337. The number of benzene rings is 2. The van der Waals surface area contributed by atoms with Gasteiger partial charge in [0.1, 0.15) is 12.4 Å². The monoisotopic (exact) mass is 488 g/mol. The lowest BCUT2D eigenvalue weighted by atomic mass is 10.2. The molecule has 0 atom stereocenters. The molecule has 0 heterocycles. The first-order valence-corrected chi connectivity index (χ1v) is 8.93. The molecule has 0 bridgehead atoms. The minimum atomic E-state index is -0.969. The zero-order chi connectivity index (χ0) is 20.0. The molecule has 10 heteroatoms. The number of nitrogens with one attached hydrogen (secondary N) is 2. The number of halogens is 2. The molecule has 2 aromatic carbocycles. The van der Waals surface area contributed by atoms with Gasteiger partial charge in [-0.2, -0.15) is 4.39 Å². The number of hydrogen-bond donors (Lipinski definition) is 2. The van der Waals surface area contributed by atoms with Crippen molar-refractivity contribution in [3.63, 3.8) is 0 Å². The van der Waals surface area contributed by atoms with E-state index in [1.165, 1.54) is 6.07 Å². The largest absolute Gasteiger partial charge is 0.491 e. The molecule has 0 unspecified atom stereocenters. The quantitative estimate of drug-likeness (QED) is 0.350. The number of rotatable bonds is 7. The maximum absolute atomic E-state index is 13.4. The first kappa shape index (κ1) is 20.8. The minimum Gasteiger partial charge on any atom is -0.491 e. The topological polar surface area (TPSA) is 96.7 Å². The number of amides is 2. The van der Waals surface area contributed by atoms with Crippen molar-refractivity contribution in [3.05, 3.63) is 55.9 Å². The van der Waals surface area contributed by atoms with E-state index in [9.17, 15) is 19.3 Å². The summed E-state index contributed by atoms with van der Waals surface area (Å²) in [6, 6.07) is 7.69. The first-order chi connectivity index (χ1) is 12.8. The van der Waals surface area contributed by atoms with Gasteiger partial charge in [-0.25, -0.2) is 4.79 Å². The van der Waals surface area contributed by atoms with E-state index < -0.39 is 22.5 Å². The fourth-order valence-corrected chi connectivity index (χ4v) is 2.54. The van der Waals surface area contributed by atoms with Gasteiger partial charge in [-0.1, -0.05) is 0 Å². The molecule has 2 amide bonds. The van der Waals surface area contributed by atoms with Crippen LogP contribution in [0, 0.1) is 19.5 Å². The third-order valence-corrected chi connectivity index (χ3v) is 4.28. The number of nitrogens with zero attached hydrogens (tertiary/aromatic N) is 2. The summed E-state index contributed by atoms with van der Waals surface area (Å²) in [6.45, 7) is 1.25. The predicted octanol–water partition coefficient (Wildman–Crippen LogP) is 3.92. The normalized spacial score (nSPS) is 10.6. The maximum Gasteiger partial charge on any atom is 0.323 e. The van der Waals surface area contributed by atoms with Crippen LogP contribution in [0.4, 0.5) is 26.2 Å². The van der Waals surface area contributed by atoms with Crippen LogP contribution >= 0.6 is 22.6 Å². The molecule has 0 aliphatic heterocycles. The van der Waals surface area contributed by atoms with Gasteiger partial charge in [0.15, 0.2) is 0 Å². The summed E-state index contributed by atoms with van der Waals surface area (Å²) < 4.78 is 20.0. The number of nitro groups is 1. The molecule has 0 fully saturated rings. The number of ether oxygens (including phenoxy) is 1. The lowest BCUT2D eigenvalue weighted by Crippen LogP contribution is -2.20. The second-order valence-corrected chi connectivity index (χ2v) is 6.96. The number of carbonyl (C=O) groups excluding carboxylic acids is 1. The highest BCUT2D eigenvalue weighted by Gasteiger charge is 2.15. The highest BCUT2D eigenvalue weighted by atomic mass is 127. The van der Waals surface area contributed by atoms with Gasteiger partial charge >= 0.3 is 11.7 Å². The number of carbonyl (C=O) groups is 1. The average Bonchev–Trinajstić information content (AvgIpc) is 2.58. The van der Waals surface area contributed by atoms with E-state index in [-0.39, 0.29) is 5.69 Å². The van der Waals surface area contributed by atoms with Crippen molar-refractivity contribution >= 4 is 45.7 Å². The van der Waals surface area contributed by atoms with E-state index in [1.807, 2.05) is 19.0 Å². The summed E-state index contributed by atoms with van der Waals surface area (Å²) in [5, 5.41) is 15.8. The van der Waals surface area contributed by atoms with Gasteiger partial charge in [0.05, 0.1) is 8.49 Å². The van der Waals surface area contributed by atoms with E-state index in [0.29, 0.717) is 18.0 Å². The number of urea groups is 1. The van der Waals surface area contributed by atoms with Crippen LogP contribution in [-0.4, -0.2) is 43.1 Å². The average molecular weight is 488 g/mol. The van der Waals surface area contributed by atoms with E-state index in [0.717, 1.165) is 22.2 Å². The molecule has 0 aliphatic carbocycles. The summed E-state index contributed by atoms with van der Waals surface area (Å²) in [4.78, 5) is 24.0. The van der Waals surface area contributed by atoms with Crippen molar-refractivity contribution < 1.29 is 18.8 Å². The molecule has 2 rings (SSSR count). The zero-order valence-electron chi connectivity index (χ0n) is 14.7. The molecule has 8 nitrogen and oxygen atoms in total. The van der Waals surface area contributed by atoms with Crippen LogP contribution in [0.3, 0.4) is 0 Å². The van der Waals surface area contributed by atoms with Gasteiger partial charge in [-0.3, -0.25) is 10.1 Å². The number of hydrogen-bond acceptors (Lipinski definition) is 5. The molecule has 0 saturated carbocycles. The Morgan fingerprint density at radius 3 is 2.48 bits per heavy atom. The van der Waals surface area contributed by atoms with Gasteiger partial charge in [0.2, 0.25) is 5.82 Å². The van der Waals surface area contributed by atoms with Gasteiger partial charge in [-0.05, 0) is 61.0 Å². The van der Waals surface area contributed by atoms with Gasteiger partial charge in [0.25, 0.3) is 0 Å². The van der Waals surface area contributed by atoms with Crippen LogP contribution in [0.15, 0.2) is 36.4 Å². The summed E-state index contributed by atoms with van der Waals surface area (Å²) in [6.07, 6.45) is 0. The SMILES string of the molecule is CN(C)CCOc1cc(NC(=O)Nc2ccc(F)c([N+](=O)[O-])c2)ccc1I. The Balaban J connectivity index is 2.03. The van der Waals surface area contributed by atoms with Gasteiger partial charge in [-0.15, -0.1) is 0 Å². The number of anilines is 2. The number of nitro benzene ring substituents is 1. The van der Waals surface area contributed by atoms with E-state index >= 15 is 0 Å². The highest BCUT2D eigenvalue weighted by Crippen LogP contribution is 2.26. The van der Waals surface area contributed by atoms with Crippen LogP contribution in [0.2, 0.25) is 0 Å². The molecule has 2 N–H and O–H groups in total. The Bertz CT molecular complexity index is 848. The Kier molecular flexibility index (Phi) is 7.30. The third-order valence-electron chi connectivity index (χ3n) is 3.39. The fraction of sp³-hybridized carbons (Fsp3) is 0.235. The van der Waals surface area contributed by atoms with Crippen molar-refractivity contribution in [1.29, 1.82) is 0 Å². The Labute approximate surface area is 169 Å². The summed E-state index contributed by atoms with van der Waals surface area (Å²) >= 11 is 2.13. The van der Waals surface area contributed by atoms with E-state index in [2.05, 4.69) is 33.2 Å². The molecule has 144 valence electrons. The molecule has 0 aromatic heterocycles. The first-order valence-electron chi connectivity index (χ1n) is 7.85. The molecule has 0 radical (unpaired) electrons. The molecular weight excluding hydrogens is 470 g/mol. The third kappa shape index (κ3) is 6.32. The molecule has 0 aliphatic rings. The maximum atomic E-state index is 13.4. The van der Waals surface area contributed by atoms with Crippen LogP contribution in [0.25, 0.3) is 0 Å². The smallest absolute Gasteiger partial charge is 0.323 e. The van der Waals surface area contributed by atoms with Crippen molar-refractivity contribution in [2.75, 3.05) is 37.9 Å². The lowest BCUT2D eigenvalue weighted by Gasteiger charge is -2.14. The summed E-state index contributed by atoms with van der Waals surface area (Å²) in [5.41, 5.74) is -0.114. The van der Waals surface area contributed by atoms with Gasteiger partial charge < -0.3 is 20.3 Å². The van der Waals surface area contributed by atoms with Crippen LogP contribution in [0.5, 0.6) is 5.75 Å². The molecular formula is C17H18FIN4O4. The van der Waals surface area contributed by atoms with Crippen LogP contribution in [-0.2, 0) is 0 Å². The second kappa shape index (κ2) is 9.46. The van der Waals surface area contributed by atoms with Crippen molar-refractivity contribution in [2.45, 2.75) is 0 Å². The van der Waals surface area contributed by atoms with Gasteiger partial charge in [0, 0.05) is 30.1 Å². The second-order valence-electron chi connectivity index (χ2n) is 5.80. The minimum absolute atomic E-state index is 0.105. The molecule has 27 heavy (non-hydrogen) atoms. The van der Waals surface area contributed by atoms with E-state index in [4.69, 9.17) is 4.74 Å². The standard InChI is InChI=1S/C17H18FIN4O4/c1-22(2)7-8-27-16-10-12(4-6-14(16)19)21-17(24)20-11-3-5-13(18)15(9-11)23(25)26/h3-6,9-10H,7-8H2,1-2H3,(H2,20,21,24). The summed E-state index contributed by atoms with van der Waals surface area (Å²) in [7, 11) is 3.88. The Hall–Kier alpha value is -2.47. The van der Waals surface area contributed by atoms with Crippen LogP contribution in [0.1, 0.15) is 0 Å². The molecule has 2 aromatic rings. The Morgan fingerprint density at radius 2 is 1.85 bits per heavy atom. The fourth-order valence-electron chi connectivity index (χ4n) is 2.05. The highest BCUT2D eigenvalue weighted by molar-refractivity contribution is 14.1. The zero-order valence-corrected chi connectivity index (χ0v) is 16.8. The predicted molar refractivity (Wildman–Crippen MR) is 109 cm³/mol.